The molecule has 0 radical (unpaired) electrons. The zero-order chi connectivity index (χ0) is 16.1. The van der Waals surface area contributed by atoms with Gasteiger partial charge in [-0.05, 0) is 12.3 Å². The molecule has 0 unspecified atom stereocenters. The number of hydrogen-bond acceptors (Lipinski definition) is 3. The molecule has 3 rings (SSSR count). The molecule has 2 fully saturated rings. The molecule has 23 heavy (non-hydrogen) atoms. The Labute approximate surface area is 137 Å². The van der Waals surface area contributed by atoms with Gasteiger partial charge in [0.2, 0.25) is 5.78 Å². The van der Waals surface area contributed by atoms with Crippen molar-refractivity contribution in [3.8, 4) is 0 Å². The minimum absolute atomic E-state index is 0.0828. The van der Waals surface area contributed by atoms with Crippen molar-refractivity contribution in [2.45, 2.75) is 44.6 Å². The summed E-state index contributed by atoms with van der Waals surface area (Å²) in [7, 11) is 0. The Bertz CT molecular complexity index is 537. The smallest absolute Gasteiger partial charge is 0.295 e. The van der Waals surface area contributed by atoms with Gasteiger partial charge in [-0.1, -0.05) is 62.4 Å². The van der Waals surface area contributed by atoms with E-state index in [-0.39, 0.29) is 6.10 Å². The van der Waals surface area contributed by atoms with E-state index in [9.17, 15) is 9.59 Å². The molecule has 1 saturated heterocycles. The van der Waals surface area contributed by atoms with Crippen molar-refractivity contribution < 1.29 is 14.3 Å². The lowest BCUT2D eigenvalue weighted by Gasteiger charge is -2.35. The Morgan fingerprint density at radius 2 is 1.83 bits per heavy atom. The lowest BCUT2D eigenvalue weighted by molar-refractivity contribution is -0.134. The predicted molar refractivity (Wildman–Crippen MR) is 88.3 cm³/mol. The van der Waals surface area contributed by atoms with Crippen LogP contribution in [0.25, 0.3) is 0 Å². The van der Waals surface area contributed by atoms with Gasteiger partial charge in [-0.15, -0.1) is 0 Å². The number of hydrogen-bond donors (Lipinski definition) is 0. The molecule has 4 nitrogen and oxygen atoms in total. The zero-order valence-corrected chi connectivity index (χ0v) is 13.6. The van der Waals surface area contributed by atoms with Crippen LogP contribution in [0.15, 0.2) is 30.3 Å². The number of carbonyl (C=O) groups excluding carboxylic acids is 2. The van der Waals surface area contributed by atoms with Crippen LogP contribution in [-0.4, -0.2) is 42.4 Å². The lowest BCUT2D eigenvalue weighted by Crippen LogP contribution is -2.48. The van der Waals surface area contributed by atoms with Crippen molar-refractivity contribution in [3.05, 3.63) is 35.9 Å². The first-order chi connectivity index (χ1) is 11.2. The molecular weight excluding hydrogens is 290 g/mol. The van der Waals surface area contributed by atoms with E-state index in [0.717, 1.165) is 6.42 Å². The van der Waals surface area contributed by atoms with Gasteiger partial charge in [0.15, 0.2) is 0 Å². The molecular formula is C19H25NO3. The monoisotopic (exact) mass is 315 g/mol. The Kier molecular flexibility index (Phi) is 5.44. The van der Waals surface area contributed by atoms with Crippen LogP contribution in [-0.2, 0) is 9.53 Å². The first kappa shape index (κ1) is 16.2. The molecule has 1 aromatic rings. The average Bonchev–Trinajstić information content (AvgIpc) is 2.62. The van der Waals surface area contributed by atoms with E-state index in [1.165, 1.54) is 32.1 Å². The van der Waals surface area contributed by atoms with Crippen LogP contribution in [0.4, 0.5) is 0 Å². The van der Waals surface area contributed by atoms with E-state index in [0.29, 0.717) is 31.2 Å². The molecule has 4 heteroatoms. The molecule has 1 aliphatic heterocycles. The van der Waals surface area contributed by atoms with Gasteiger partial charge in [0.25, 0.3) is 5.91 Å². The Balaban J connectivity index is 1.57. The van der Waals surface area contributed by atoms with Gasteiger partial charge in [0.1, 0.15) is 0 Å². The summed E-state index contributed by atoms with van der Waals surface area (Å²) in [6, 6.07) is 8.80. The maximum Gasteiger partial charge on any atom is 0.295 e. The Morgan fingerprint density at radius 3 is 2.57 bits per heavy atom. The highest BCUT2D eigenvalue weighted by Gasteiger charge is 2.30. The summed E-state index contributed by atoms with van der Waals surface area (Å²) in [4.78, 5) is 26.4. The molecule has 0 aromatic heterocycles. The predicted octanol–water partition coefficient (Wildman–Crippen LogP) is 3.07. The molecule has 1 heterocycles. The number of nitrogens with zero attached hydrogens (tertiary/aromatic N) is 1. The summed E-state index contributed by atoms with van der Waals surface area (Å²) >= 11 is 0. The summed E-state index contributed by atoms with van der Waals surface area (Å²) < 4.78 is 5.84. The van der Waals surface area contributed by atoms with E-state index in [1.807, 2.05) is 6.07 Å². The molecule has 0 N–H and O–H groups in total. The van der Waals surface area contributed by atoms with Gasteiger partial charge < -0.3 is 9.64 Å². The van der Waals surface area contributed by atoms with Gasteiger partial charge >= 0.3 is 0 Å². The number of morpholine rings is 1. The summed E-state index contributed by atoms with van der Waals surface area (Å²) in [5, 5.41) is 0. The molecule has 124 valence electrons. The molecule has 0 spiro atoms. The molecule has 1 aromatic carbocycles. The van der Waals surface area contributed by atoms with Crippen molar-refractivity contribution in [3.63, 3.8) is 0 Å². The minimum Gasteiger partial charge on any atom is -0.375 e. The highest BCUT2D eigenvalue weighted by atomic mass is 16.5. The number of benzene rings is 1. The molecule has 1 aliphatic carbocycles. The first-order valence-electron chi connectivity index (χ1n) is 8.74. The third kappa shape index (κ3) is 4.20. The number of Topliss-reactive ketones (excluding diaryl/α,β-unsaturated/α-hetero) is 1. The number of amides is 1. The number of ether oxygens (including phenoxy) is 1. The van der Waals surface area contributed by atoms with Crippen molar-refractivity contribution in [1.82, 2.24) is 4.90 Å². The van der Waals surface area contributed by atoms with Crippen LogP contribution in [0.2, 0.25) is 0 Å². The fourth-order valence-corrected chi connectivity index (χ4v) is 3.70. The fraction of sp³-hybridized carbons (Fsp3) is 0.579. The fourth-order valence-electron chi connectivity index (χ4n) is 3.70. The quantitative estimate of drug-likeness (QED) is 0.634. The summed E-state index contributed by atoms with van der Waals surface area (Å²) in [6.07, 6.45) is 7.62. The Hall–Kier alpha value is -1.68. The highest BCUT2D eigenvalue weighted by Crippen LogP contribution is 2.29. The molecule has 0 bridgehead atoms. The number of rotatable bonds is 4. The molecule has 2 aliphatic rings. The molecule has 1 saturated carbocycles. The van der Waals surface area contributed by atoms with Crippen LogP contribution in [0.3, 0.4) is 0 Å². The van der Waals surface area contributed by atoms with E-state index >= 15 is 0 Å². The molecule has 1 atom stereocenters. The van der Waals surface area contributed by atoms with E-state index in [1.54, 1.807) is 29.2 Å². The lowest BCUT2D eigenvalue weighted by atomic mass is 9.85. The topological polar surface area (TPSA) is 46.6 Å². The minimum atomic E-state index is -0.413. The van der Waals surface area contributed by atoms with E-state index in [4.69, 9.17) is 4.74 Å². The summed E-state index contributed by atoms with van der Waals surface area (Å²) in [6.45, 7) is 1.59. The third-order valence-electron chi connectivity index (χ3n) is 4.98. The Morgan fingerprint density at radius 1 is 1.09 bits per heavy atom. The zero-order valence-electron chi connectivity index (χ0n) is 13.6. The second-order valence-corrected chi connectivity index (χ2v) is 6.68. The van der Waals surface area contributed by atoms with Crippen LogP contribution in [0.5, 0.6) is 0 Å². The van der Waals surface area contributed by atoms with Crippen LogP contribution < -0.4 is 0 Å². The highest BCUT2D eigenvalue weighted by molar-refractivity contribution is 6.42. The summed E-state index contributed by atoms with van der Waals surface area (Å²) in [5.74, 6) is -0.0920. The first-order valence-corrected chi connectivity index (χ1v) is 8.74. The second kappa shape index (κ2) is 7.73. The third-order valence-corrected chi connectivity index (χ3v) is 4.98. The summed E-state index contributed by atoms with van der Waals surface area (Å²) in [5.41, 5.74) is 0.466. The van der Waals surface area contributed by atoms with Gasteiger partial charge in [0.05, 0.1) is 12.7 Å². The molecule has 1 amide bonds. The number of ketones is 1. The van der Waals surface area contributed by atoms with Gasteiger partial charge in [-0.25, -0.2) is 0 Å². The maximum absolute atomic E-state index is 12.5. The van der Waals surface area contributed by atoms with Crippen LogP contribution >= 0.6 is 0 Å². The van der Waals surface area contributed by atoms with Gasteiger partial charge in [-0.2, -0.15) is 0 Å². The standard InChI is InChI=1S/C19H25NO3/c21-18(16-9-5-2-6-10-16)19(22)20-11-12-23-17(14-20)13-15-7-3-1-4-8-15/h2,5-6,9-10,15,17H,1,3-4,7-8,11-14H2/t17-/m0/s1. The van der Waals surface area contributed by atoms with Crippen LogP contribution in [0, 0.1) is 5.92 Å². The van der Waals surface area contributed by atoms with Crippen molar-refractivity contribution in [2.24, 2.45) is 5.92 Å². The van der Waals surface area contributed by atoms with Crippen molar-refractivity contribution in [2.75, 3.05) is 19.7 Å². The van der Waals surface area contributed by atoms with Crippen molar-refractivity contribution >= 4 is 11.7 Å². The van der Waals surface area contributed by atoms with E-state index < -0.39 is 11.7 Å². The SMILES string of the molecule is O=C(C(=O)N1CCO[C@@H](CC2CCCCC2)C1)c1ccccc1. The van der Waals surface area contributed by atoms with Gasteiger partial charge in [-0.3, -0.25) is 9.59 Å². The van der Waals surface area contributed by atoms with Crippen molar-refractivity contribution in [1.29, 1.82) is 0 Å². The van der Waals surface area contributed by atoms with E-state index in [2.05, 4.69) is 0 Å². The van der Waals surface area contributed by atoms with Gasteiger partial charge in [0, 0.05) is 18.7 Å². The second-order valence-electron chi connectivity index (χ2n) is 6.68. The maximum atomic E-state index is 12.5. The normalized spacial score (nSPS) is 22.8. The average molecular weight is 315 g/mol. The number of carbonyl (C=O) groups is 2. The largest absolute Gasteiger partial charge is 0.375 e. The van der Waals surface area contributed by atoms with Crippen LogP contribution in [0.1, 0.15) is 48.9 Å².